The number of likely N-dealkylation sites (N-methyl/N-ethyl adjacent to an activating group) is 1. The van der Waals surface area contributed by atoms with Gasteiger partial charge in [0, 0.05) is 25.2 Å². The summed E-state index contributed by atoms with van der Waals surface area (Å²) in [6, 6.07) is 22.5. The van der Waals surface area contributed by atoms with Gasteiger partial charge in [0.1, 0.15) is 0 Å². The normalized spacial score (nSPS) is 13.4. The molecule has 0 bridgehead atoms. The summed E-state index contributed by atoms with van der Waals surface area (Å²) in [7, 11) is 2.04. The van der Waals surface area contributed by atoms with Crippen LogP contribution < -0.4 is 16.0 Å². The second-order valence-electron chi connectivity index (χ2n) is 7.38. The van der Waals surface area contributed by atoms with Crippen molar-refractivity contribution in [2.45, 2.75) is 51.1 Å². The van der Waals surface area contributed by atoms with Crippen LogP contribution in [0.25, 0.3) is 0 Å². The van der Waals surface area contributed by atoms with Crippen LogP contribution in [0.5, 0.6) is 0 Å². The second-order valence-corrected chi connectivity index (χ2v) is 7.38. The average Bonchev–Trinajstić information content (AvgIpc) is 2.71. The molecule has 0 heterocycles. The Balaban J connectivity index is 1.87. The first-order valence-corrected chi connectivity index (χ1v) is 10.5. The molecular weight excluding hydrogens is 330 g/mol. The van der Waals surface area contributed by atoms with Crippen LogP contribution in [-0.2, 0) is 12.8 Å². The van der Waals surface area contributed by atoms with Crippen molar-refractivity contribution in [2.75, 3.05) is 26.7 Å². The van der Waals surface area contributed by atoms with Gasteiger partial charge in [0.25, 0.3) is 0 Å². The lowest BCUT2D eigenvalue weighted by Gasteiger charge is -2.24. The van der Waals surface area contributed by atoms with Gasteiger partial charge < -0.3 is 16.0 Å². The Hall–Kier alpha value is -1.68. The third-order valence-corrected chi connectivity index (χ3v) is 5.02. The lowest BCUT2D eigenvalue weighted by atomic mass is 10.0. The molecule has 0 amide bonds. The Labute approximate surface area is 166 Å². The Morgan fingerprint density at radius 2 is 1.44 bits per heavy atom. The Bertz CT molecular complexity index is 585. The molecule has 148 valence electrons. The van der Waals surface area contributed by atoms with Crippen molar-refractivity contribution in [3.05, 3.63) is 71.8 Å². The molecule has 3 heteroatoms. The molecule has 0 aliphatic carbocycles. The Kier molecular flexibility index (Phi) is 10.8. The third kappa shape index (κ3) is 9.18. The smallest absolute Gasteiger partial charge is 0.0233 e. The molecule has 2 rings (SSSR count). The molecule has 0 spiro atoms. The maximum absolute atomic E-state index is 3.80. The Morgan fingerprint density at radius 1 is 0.778 bits per heavy atom. The van der Waals surface area contributed by atoms with E-state index in [1.165, 1.54) is 30.4 Å². The van der Waals surface area contributed by atoms with Crippen LogP contribution in [0.15, 0.2) is 60.7 Å². The van der Waals surface area contributed by atoms with Gasteiger partial charge in [-0.25, -0.2) is 0 Å². The number of hydrogen-bond donors (Lipinski definition) is 3. The van der Waals surface area contributed by atoms with E-state index in [-0.39, 0.29) is 0 Å². The van der Waals surface area contributed by atoms with E-state index in [4.69, 9.17) is 0 Å². The van der Waals surface area contributed by atoms with Gasteiger partial charge in [-0.1, -0.05) is 80.4 Å². The summed E-state index contributed by atoms with van der Waals surface area (Å²) in [5.41, 5.74) is 2.79. The fourth-order valence-corrected chi connectivity index (χ4v) is 3.46. The fourth-order valence-electron chi connectivity index (χ4n) is 3.46. The molecule has 0 saturated heterocycles. The third-order valence-electron chi connectivity index (χ3n) is 5.02. The minimum atomic E-state index is 0.442. The molecule has 27 heavy (non-hydrogen) atoms. The highest BCUT2D eigenvalue weighted by Gasteiger charge is 2.13. The van der Waals surface area contributed by atoms with Crippen LogP contribution in [0.1, 0.15) is 37.3 Å². The molecule has 3 N–H and O–H groups in total. The van der Waals surface area contributed by atoms with Crippen molar-refractivity contribution in [1.82, 2.24) is 16.0 Å². The molecule has 2 aromatic rings. The van der Waals surface area contributed by atoms with E-state index in [0.29, 0.717) is 12.1 Å². The summed E-state index contributed by atoms with van der Waals surface area (Å²) in [6.45, 7) is 5.30. The van der Waals surface area contributed by atoms with Crippen molar-refractivity contribution in [2.24, 2.45) is 0 Å². The van der Waals surface area contributed by atoms with Crippen molar-refractivity contribution < 1.29 is 0 Å². The first kappa shape index (κ1) is 21.6. The fraction of sp³-hybridized carbons (Fsp3) is 0.500. The average molecular weight is 368 g/mol. The molecule has 0 aliphatic heterocycles. The minimum absolute atomic E-state index is 0.442. The molecule has 0 saturated carbocycles. The molecule has 0 radical (unpaired) electrons. The number of nitrogens with one attached hydrogen (secondary N) is 3. The van der Waals surface area contributed by atoms with E-state index in [1.54, 1.807) is 0 Å². The summed E-state index contributed by atoms with van der Waals surface area (Å²) >= 11 is 0. The largest absolute Gasteiger partial charge is 0.318 e. The predicted octanol–water partition coefficient (Wildman–Crippen LogP) is 3.80. The van der Waals surface area contributed by atoms with E-state index in [0.717, 1.165) is 32.5 Å². The monoisotopic (exact) mass is 367 g/mol. The molecular formula is C24H37N3. The summed E-state index contributed by atoms with van der Waals surface area (Å²) in [6.07, 6.45) is 5.90. The van der Waals surface area contributed by atoms with Crippen LogP contribution in [0.4, 0.5) is 0 Å². The van der Waals surface area contributed by atoms with Crippen LogP contribution >= 0.6 is 0 Å². The van der Waals surface area contributed by atoms with Crippen LogP contribution in [0, 0.1) is 0 Å². The lowest BCUT2D eigenvalue weighted by Crippen LogP contribution is -2.47. The second kappa shape index (κ2) is 13.5. The van der Waals surface area contributed by atoms with Gasteiger partial charge in [-0.3, -0.25) is 0 Å². The van der Waals surface area contributed by atoms with Gasteiger partial charge in [-0.2, -0.15) is 0 Å². The van der Waals surface area contributed by atoms with E-state index < -0.39 is 0 Å². The SMILES string of the molecule is CCCCC(CNC)NC[C@H](Cc1ccccc1)NCCc1ccccc1. The molecule has 2 atom stereocenters. The van der Waals surface area contributed by atoms with Crippen molar-refractivity contribution in [3.63, 3.8) is 0 Å². The molecule has 0 aliphatic rings. The predicted molar refractivity (Wildman–Crippen MR) is 117 cm³/mol. The highest BCUT2D eigenvalue weighted by Crippen LogP contribution is 2.05. The molecule has 1 unspecified atom stereocenters. The summed E-state index contributed by atoms with van der Waals surface area (Å²) in [5, 5.41) is 10.9. The first-order chi connectivity index (χ1) is 13.3. The number of unbranched alkanes of at least 4 members (excludes halogenated alkanes) is 1. The summed E-state index contributed by atoms with van der Waals surface area (Å²) in [4.78, 5) is 0. The van der Waals surface area contributed by atoms with Gasteiger partial charge >= 0.3 is 0 Å². The molecule has 2 aromatic carbocycles. The van der Waals surface area contributed by atoms with Gasteiger partial charge in [-0.05, 0) is 44.0 Å². The lowest BCUT2D eigenvalue weighted by molar-refractivity contribution is 0.400. The van der Waals surface area contributed by atoms with Gasteiger partial charge in [0.2, 0.25) is 0 Å². The first-order valence-electron chi connectivity index (χ1n) is 10.5. The van der Waals surface area contributed by atoms with Crippen molar-refractivity contribution >= 4 is 0 Å². The standard InChI is InChI=1S/C24H37N3/c1-3-4-15-23(19-25-2)27-20-24(18-22-13-9-6-10-14-22)26-17-16-21-11-7-5-8-12-21/h5-14,23-27H,3-4,15-20H2,1-2H3/t23?,24-/m0/s1. The highest BCUT2D eigenvalue weighted by molar-refractivity contribution is 5.17. The highest BCUT2D eigenvalue weighted by atomic mass is 15.0. The van der Waals surface area contributed by atoms with E-state index in [2.05, 4.69) is 83.5 Å². The van der Waals surface area contributed by atoms with Crippen molar-refractivity contribution in [3.8, 4) is 0 Å². The maximum atomic E-state index is 3.80. The molecule has 0 fully saturated rings. The topological polar surface area (TPSA) is 36.1 Å². The van der Waals surface area contributed by atoms with E-state index in [9.17, 15) is 0 Å². The number of rotatable bonds is 14. The van der Waals surface area contributed by atoms with Crippen LogP contribution in [-0.4, -0.2) is 38.8 Å². The molecule has 3 nitrogen and oxygen atoms in total. The maximum Gasteiger partial charge on any atom is 0.0233 e. The van der Waals surface area contributed by atoms with Gasteiger partial charge in [-0.15, -0.1) is 0 Å². The quantitative estimate of drug-likeness (QED) is 0.475. The summed E-state index contributed by atoms with van der Waals surface area (Å²) < 4.78 is 0. The minimum Gasteiger partial charge on any atom is -0.318 e. The zero-order valence-electron chi connectivity index (χ0n) is 17.1. The molecule has 0 aromatic heterocycles. The zero-order valence-corrected chi connectivity index (χ0v) is 17.1. The van der Waals surface area contributed by atoms with Crippen molar-refractivity contribution in [1.29, 1.82) is 0 Å². The number of hydrogen-bond acceptors (Lipinski definition) is 3. The number of benzene rings is 2. The van der Waals surface area contributed by atoms with E-state index in [1.807, 2.05) is 7.05 Å². The Morgan fingerprint density at radius 3 is 2.07 bits per heavy atom. The van der Waals surface area contributed by atoms with Gasteiger partial charge in [0.15, 0.2) is 0 Å². The summed E-state index contributed by atoms with van der Waals surface area (Å²) in [5.74, 6) is 0. The van der Waals surface area contributed by atoms with Gasteiger partial charge in [0.05, 0.1) is 0 Å². The zero-order chi connectivity index (χ0) is 19.2. The van der Waals surface area contributed by atoms with Crippen LogP contribution in [0.2, 0.25) is 0 Å². The van der Waals surface area contributed by atoms with Crippen LogP contribution in [0.3, 0.4) is 0 Å². The van der Waals surface area contributed by atoms with E-state index >= 15 is 0 Å².